The summed E-state index contributed by atoms with van der Waals surface area (Å²) in [7, 11) is 0. The van der Waals surface area contributed by atoms with Crippen LogP contribution in [0, 0.1) is 11.8 Å². The first-order valence-corrected chi connectivity index (χ1v) is 5.67. The van der Waals surface area contributed by atoms with Crippen molar-refractivity contribution in [1.82, 2.24) is 10.5 Å². The van der Waals surface area contributed by atoms with E-state index in [9.17, 15) is 4.79 Å². The van der Waals surface area contributed by atoms with Crippen LogP contribution < -0.4 is 5.32 Å². The Labute approximate surface area is 110 Å². The molecule has 0 saturated carbocycles. The molecule has 0 aliphatic heterocycles. The Morgan fingerprint density at radius 2 is 2.32 bits per heavy atom. The molecule has 0 aliphatic rings. The average molecular weight is 256 g/mol. The summed E-state index contributed by atoms with van der Waals surface area (Å²) in [4.78, 5) is 11.9. The Bertz CT molecular complexity index is 609. The highest BCUT2D eigenvalue weighted by Crippen LogP contribution is 2.04. The monoisotopic (exact) mass is 256 g/mol. The molecule has 0 aliphatic carbocycles. The second-order valence-corrected chi connectivity index (χ2v) is 3.71. The van der Waals surface area contributed by atoms with Crippen molar-refractivity contribution in [3.63, 3.8) is 0 Å². The molecule has 0 spiro atoms. The van der Waals surface area contributed by atoms with Crippen LogP contribution in [0.4, 0.5) is 0 Å². The van der Waals surface area contributed by atoms with Gasteiger partial charge < -0.3 is 14.9 Å². The molecule has 0 radical (unpaired) electrons. The van der Waals surface area contributed by atoms with E-state index in [2.05, 4.69) is 26.8 Å². The van der Waals surface area contributed by atoms with Crippen molar-refractivity contribution < 1.29 is 14.4 Å². The SMILES string of the molecule is O=C(NCc1ccon1)c1cccc(C#CCO)c1. The molecule has 1 heterocycles. The zero-order chi connectivity index (χ0) is 13.5. The van der Waals surface area contributed by atoms with E-state index in [1.165, 1.54) is 6.26 Å². The Balaban J connectivity index is 2.02. The van der Waals surface area contributed by atoms with Gasteiger partial charge in [0.2, 0.25) is 0 Å². The number of amides is 1. The van der Waals surface area contributed by atoms with Crippen LogP contribution >= 0.6 is 0 Å². The summed E-state index contributed by atoms with van der Waals surface area (Å²) in [5, 5.41) is 15.1. The van der Waals surface area contributed by atoms with Gasteiger partial charge in [-0.05, 0) is 18.2 Å². The zero-order valence-corrected chi connectivity index (χ0v) is 10.1. The second kappa shape index (κ2) is 6.38. The van der Waals surface area contributed by atoms with E-state index >= 15 is 0 Å². The molecule has 0 saturated heterocycles. The summed E-state index contributed by atoms with van der Waals surface area (Å²) in [5.74, 6) is 5.08. The van der Waals surface area contributed by atoms with E-state index in [1.54, 1.807) is 30.3 Å². The molecule has 2 aromatic rings. The van der Waals surface area contributed by atoms with E-state index in [0.29, 0.717) is 23.4 Å². The number of carbonyl (C=O) groups is 1. The first-order valence-electron chi connectivity index (χ1n) is 5.67. The third kappa shape index (κ3) is 3.69. The topological polar surface area (TPSA) is 75.4 Å². The molecule has 1 aromatic carbocycles. The number of hydrogen-bond acceptors (Lipinski definition) is 4. The van der Waals surface area contributed by atoms with Crippen LogP contribution in [0.2, 0.25) is 0 Å². The third-order valence-corrected chi connectivity index (χ3v) is 2.36. The maximum Gasteiger partial charge on any atom is 0.251 e. The summed E-state index contributed by atoms with van der Waals surface area (Å²) in [6.45, 7) is 0.102. The molecule has 0 unspecified atom stereocenters. The fourth-order valence-electron chi connectivity index (χ4n) is 1.48. The Morgan fingerprint density at radius 1 is 1.42 bits per heavy atom. The lowest BCUT2D eigenvalue weighted by Gasteiger charge is -2.03. The minimum Gasteiger partial charge on any atom is -0.384 e. The molecular weight excluding hydrogens is 244 g/mol. The predicted molar refractivity (Wildman–Crippen MR) is 68.1 cm³/mol. The molecular formula is C14H12N2O3. The number of aliphatic hydroxyl groups excluding tert-OH is 1. The first kappa shape index (κ1) is 12.9. The smallest absolute Gasteiger partial charge is 0.251 e. The van der Waals surface area contributed by atoms with Crippen molar-refractivity contribution in [2.75, 3.05) is 6.61 Å². The van der Waals surface area contributed by atoms with Gasteiger partial charge in [-0.15, -0.1) is 0 Å². The first-order chi connectivity index (χ1) is 9.29. The molecule has 5 heteroatoms. The number of rotatable bonds is 3. The summed E-state index contributed by atoms with van der Waals surface area (Å²) in [5.41, 5.74) is 1.85. The maximum absolute atomic E-state index is 11.9. The van der Waals surface area contributed by atoms with Crippen LogP contribution in [0.25, 0.3) is 0 Å². The van der Waals surface area contributed by atoms with Crippen LogP contribution in [0.3, 0.4) is 0 Å². The Morgan fingerprint density at radius 3 is 3.05 bits per heavy atom. The van der Waals surface area contributed by atoms with Gasteiger partial charge in [0.1, 0.15) is 18.6 Å². The van der Waals surface area contributed by atoms with Gasteiger partial charge in [-0.3, -0.25) is 4.79 Å². The van der Waals surface area contributed by atoms with Crippen LogP contribution in [-0.2, 0) is 6.54 Å². The van der Waals surface area contributed by atoms with E-state index in [-0.39, 0.29) is 12.5 Å². The van der Waals surface area contributed by atoms with Crippen molar-refractivity contribution in [3.8, 4) is 11.8 Å². The standard InChI is InChI=1S/C14H12N2O3/c17-7-2-4-11-3-1-5-12(9-11)14(18)15-10-13-6-8-19-16-13/h1,3,5-6,8-9,17H,7,10H2,(H,15,18). The number of aromatic nitrogens is 1. The number of carbonyl (C=O) groups excluding carboxylic acids is 1. The van der Waals surface area contributed by atoms with Gasteiger partial charge in [0.05, 0.1) is 6.54 Å². The minimum atomic E-state index is -0.212. The third-order valence-electron chi connectivity index (χ3n) is 2.36. The molecule has 2 N–H and O–H groups in total. The Kier molecular flexibility index (Phi) is 4.32. The van der Waals surface area contributed by atoms with Crippen LogP contribution in [0.5, 0.6) is 0 Å². The minimum absolute atomic E-state index is 0.206. The predicted octanol–water partition coefficient (Wildman–Crippen LogP) is 0.948. The van der Waals surface area contributed by atoms with Gasteiger partial charge in [-0.2, -0.15) is 0 Å². The van der Waals surface area contributed by atoms with E-state index in [4.69, 9.17) is 5.11 Å². The highest BCUT2D eigenvalue weighted by Gasteiger charge is 2.06. The Hall–Kier alpha value is -2.58. The van der Waals surface area contributed by atoms with Crippen molar-refractivity contribution in [2.45, 2.75) is 6.54 Å². The number of aliphatic hydroxyl groups is 1. The lowest BCUT2D eigenvalue weighted by atomic mass is 10.1. The molecule has 96 valence electrons. The van der Waals surface area contributed by atoms with Gasteiger partial charge >= 0.3 is 0 Å². The number of nitrogens with one attached hydrogen (secondary N) is 1. The van der Waals surface area contributed by atoms with Gasteiger partial charge in [0.15, 0.2) is 0 Å². The fourth-order valence-corrected chi connectivity index (χ4v) is 1.48. The molecule has 19 heavy (non-hydrogen) atoms. The molecule has 0 atom stereocenters. The molecule has 1 amide bonds. The number of benzene rings is 1. The van der Waals surface area contributed by atoms with Gasteiger partial charge in [0.25, 0.3) is 5.91 Å². The van der Waals surface area contributed by atoms with E-state index < -0.39 is 0 Å². The average Bonchev–Trinajstić information content (AvgIpc) is 2.96. The summed E-state index contributed by atoms with van der Waals surface area (Å²) in [6.07, 6.45) is 1.45. The van der Waals surface area contributed by atoms with Crippen LogP contribution in [0.1, 0.15) is 21.6 Å². The maximum atomic E-state index is 11.9. The van der Waals surface area contributed by atoms with Gasteiger partial charge in [-0.1, -0.05) is 23.1 Å². The van der Waals surface area contributed by atoms with Gasteiger partial charge in [0, 0.05) is 17.2 Å². The van der Waals surface area contributed by atoms with Crippen LogP contribution in [-0.4, -0.2) is 22.8 Å². The molecule has 0 fully saturated rings. The lowest BCUT2D eigenvalue weighted by molar-refractivity contribution is 0.0950. The normalized spacial score (nSPS) is 9.53. The number of hydrogen-bond donors (Lipinski definition) is 2. The van der Waals surface area contributed by atoms with E-state index in [1.807, 2.05) is 0 Å². The van der Waals surface area contributed by atoms with E-state index in [0.717, 1.165) is 0 Å². The van der Waals surface area contributed by atoms with Crippen molar-refractivity contribution >= 4 is 5.91 Å². The largest absolute Gasteiger partial charge is 0.384 e. The number of nitrogens with zero attached hydrogens (tertiary/aromatic N) is 1. The van der Waals surface area contributed by atoms with Crippen molar-refractivity contribution in [3.05, 3.63) is 53.4 Å². The zero-order valence-electron chi connectivity index (χ0n) is 10.1. The molecule has 1 aromatic heterocycles. The quantitative estimate of drug-likeness (QED) is 0.802. The highest BCUT2D eigenvalue weighted by atomic mass is 16.5. The lowest BCUT2D eigenvalue weighted by Crippen LogP contribution is -2.22. The molecule has 5 nitrogen and oxygen atoms in total. The summed E-state index contributed by atoms with van der Waals surface area (Å²) in [6, 6.07) is 8.57. The van der Waals surface area contributed by atoms with Crippen molar-refractivity contribution in [2.24, 2.45) is 0 Å². The van der Waals surface area contributed by atoms with Gasteiger partial charge in [-0.25, -0.2) is 0 Å². The molecule has 2 rings (SSSR count). The summed E-state index contributed by atoms with van der Waals surface area (Å²) < 4.78 is 4.67. The second-order valence-electron chi connectivity index (χ2n) is 3.71. The van der Waals surface area contributed by atoms with Crippen LogP contribution in [0.15, 0.2) is 41.1 Å². The fraction of sp³-hybridized carbons (Fsp3) is 0.143. The van der Waals surface area contributed by atoms with Crippen molar-refractivity contribution in [1.29, 1.82) is 0 Å². The molecule has 0 bridgehead atoms. The summed E-state index contributed by atoms with van der Waals surface area (Å²) >= 11 is 0. The highest BCUT2D eigenvalue weighted by molar-refractivity contribution is 5.94.